The molecule has 0 saturated carbocycles. The number of aryl methyl sites for hydroxylation is 1. The first kappa shape index (κ1) is 19.1. The van der Waals surface area contributed by atoms with Crippen molar-refractivity contribution in [1.82, 2.24) is 15.2 Å². The Labute approximate surface area is 160 Å². The van der Waals surface area contributed by atoms with Gasteiger partial charge in [-0.3, -0.25) is 14.6 Å². The van der Waals surface area contributed by atoms with Gasteiger partial charge in [0.25, 0.3) is 11.8 Å². The smallest absolute Gasteiger partial charge is 0.257 e. The van der Waals surface area contributed by atoms with E-state index in [0.29, 0.717) is 24.2 Å². The number of furan rings is 1. The van der Waals surface area contributed by atoms with E-state index in [4.69, 9.17) is 9.40 Å². The molecule has 1 atom stereocenters. The summed E-state index contributed by atoms with van der Waals surface area (Å²) in [6.45, 7) is 7.29. The molecule has 0 spiro atoms. The van der Waals surface area contributed by atoms with Gasteiger partial charge in [0.1, 0.15) is 6.26 Å². The van der Waals surface area contributed by atoms with Crippen LogP contribution in [-0.4, -0.2) is 40.8 Å². The van der Waals surface area contributed by atoms with Gasteiger partial charge >= 0.3 is 0 Å². The number of hydrogen-bond donors (Lipinski definition) is 1. The summed E-state index contributed by atoms with van der Waals surface area (Å²) >= 11 is 0. The van der Waals surface area contributed by atoms with E-state index in [1.165, 1.54) is 12.5 Å². The Balaban J connectivity index is 1.73. The minimum atomic E-state index is -0.0660. The SMILES string of the molecule is CC[C@@H](C)NC(=O)c1ccc(C)nc1C1CCN(C(=O)c2ccoc2)CC1. The normalized spacial score (nSPS) is 16.2. The van der Waals surface area contributed by atoms with Crippen molar-refractivity contribution in [2.75, 3.05) is 13.1 Å². The van der Waals surface area contributed by atoms with Gasteiger partial charge in [0.05, 0.1) is 23.1 Å². The third-order valence-corrected chi connectivity index (χ3v) is 5.24. The average molecular weight is 369 g/mol. The quantitative estimate of drug-likeness (QED) is 0.875. The number of carbonyl (C=O) groups excluding carboxylic acids is 2. The number of pyridine rings is 1. The molecule has 1 saturated heterocycles. The molecule has 6 nitrogen and oxygen atoms in total. The lowest BCUT2D eigenvalue weighted by molar-refractivity contribution is 0.0709. The molecule has 0 unspecified atom stereocenters. The Bertz CT molecular complexity index is 793. The van der Waals surface area contributed by atoms with Gasteiger partial charge in [0, 0.05) is 30.7 Å². The molecule has 0 aromatic carbocycles. The van der Waals surface area contributed by atoms with Crippen molar-refractivity contribution in [3.63, 3.8) is 0 Å². The van der Waals surface area contributed by atoms with Crippen molar-refractivity contribution in [3.8, 4) is 0 Å². The zero-order valence-electron chi connectivity index (χ0n) is 16.2. The third kappa shape index (κ3) is 4.38. The Morgan fingerprint density at radius 3 is 2.67 bits per heavy atom. The predicted octanol–water partition coefficient (Wildman–Crippen LogP) is 3.53. The molecule has 0 aliphatic carbocycles. The van der Waals surface area contributed by atoms with E-state index in [9.17, 15) is 9.59 Å². The van der Waals surface area contributed by atoms with Crippen molar-refractivity contribution < 1.29 is 14.0 Å². The average Bonchev–Trinajstić information content (AvgIpc) is 3.22. The molecule has 3 heterocycles. The first-order chi connectivity index (χ1) is 13.0. The summed E-state index contributed by atoms with van der Waals surface area (Å²) in [6, 6.07) is 5.57. The molecule has 3 rings (SSSR count). The van der Waals surface area contributed by atoms with Gasteiger partial charge in [-0.05, 0) is 51.3 Å². The van der Waals surface area contributed by atoms with E-state index in [-0.39, 0.29) is 23.8 Å². The number of amides is 2. The highest BCUT2D eigenvalue weighted by Crippen LogP contribution is 2.30. The molecule has 27 heavy (non-hydrogen) atoms. The molecule has 6 heteroatoms. The van der Waals surface area contributed by atoms with E-state index in [1.807, 2.05) is 37.8 Å². The highest BCUT2D eigenvalue weighted by Gasteiger charge is 2.28. The van der Waals surface area contributed by atoms with Crippen LogP contribution in [0.4, 0.5) is 0 Å². The summed E-state index contributed by atoms with van der Waals surface area (Å²) in [4.78, 5) is 31.7. The van der Waals surface area contributed by atoms with Crippen LogP contribution in [0.2, 0.25) is 0 Å². The Kier molecular flexibility index (Phi) is 5.94. The molecule has 0 radical (unpaired) electrons. The zero-order valence-corrected chi connectivity index (χ0v) is 16.2. The second-order valence-corrected chi connectivity index (χ2v) is 7.25. The summed E-state index contributed by atoms with van der Waals surface area (Å²) in [7, 11) is 0. The predicted molar refractivity (Wildman–Crippen MR) is 103 cm³/mol. The van der Waals surface area contributed by atoms with Gasteiger partial charge in [-0.2, -0.15) is 0 Å². The summed E-state index contributed by atoms with van der Waals surface area (Å²) < 4.78 is 5.01. The van der Waals surface area contributed by atoms with Crippen LogP contribution in [0.3, 0.4) is 0 Å². The number of aromatic nitrogens is 1. The molecular weight excluding hydrogens is 342 g/mol. The minimum absolute atomic E-state index is 0.00543. The van der Waals surface area contributed by atoms with E-state index < -0.39 is 0 Å². The number of nitrogens with one attached hydrogen (secondary N) is 1. The lowest BCUT2D eigenvalue weighted by Gasteiger charge is -2.32. The van der Waals surface area contributed by atoms with Gasteiger partial charge < -0.3 is 14.6 Å². The van der Waals surface area contributed by atoms with Crippen LogP contribution in [0.5, 0.6) is 0 Å². The second-order valence-electron chi connectivity index (χ2n) is 7.25. The van der Waals surface area contributed by atoms with Crippen LogP contribution in [0.15, 0.2) is 35.1 Å². The third-order valence-electron chi connectivity index (χ3n) is 5.24. The molecule has 0 bridgehead atoms. The molecule has 2 aromatic rings. The summed E-state index contributed by atoms with van der Waals surface area (Å²) in [5.74, 6) is 0.105. The Morgan fingerprint density at radius 2 is 2.04 bits per heavy atom. The fourth-order valence-electron chi connectivity index (χ4n) is 3.41. The van der Waals surface area contributed by atoms with E-state index in [0.717, 1.165) is 30.7 Å². The number of piperidine rings is 1. The van der Waals surface area contributed by atoms with Gasteiger partial charge in [0.2, 0.25) is 0 Å². The van der Waals surface area contributed by atoms with Crippen molar-refractivity contribution in [2.45, 2.75) is 52.0 Å². The largest absolute Gasteiger partial charge is 0.472 e. The van der Waals surface area contributed by atoms with Crippen LogP contribution < -0.4 is 5.32 Å². The van der Waals surface area contributed by atoms with Gasteiger partial charge in [-0.15, -0.1) is 0 Å². The lowest BCUT2D eigenvalue weighted by atomic mass is 9.89. The standard InChI is InChI=1S/C21H27N3O3/c1-4-14(2)23-20(25)18-6-5-15(3)22-19(18)16-7-10-24(11-8-16)21(26)17-9-12-27-13-17/h5-6,9,12-14,16H,4,7-8,10-11H2,1-3H3,(H,23,25)/t14-/m1/s1. The lowest BCUT2D eigenvalue weighted by Crippen LogP contribution is -2.38. The highest BCUT2D eigenvalue weighted by atomic mass is 16.3. The fraction of sp³-hybridized carbons (Fsp3) is 0.476. The summed E-state index contributed by atoms with van der Waals surface area (Å²) in [5, 5.41) is 3.04. The van der Waals surface area contributed by atoms with Crippen LogP contribution in [0, 0.1) is 6.92 Å². The van der Waals surface area contributed by atoms with Crippen molar-refractivity contribution in [2.24, 2.45) is 0 Å². The second kappa shape index (κ2) is 8.37. The first-order valence-corrected chi connectivity index (χ1v) is 9.59. The van der Waals surface area contributed by atoms with E-state index in [1.54, 1.807) is 6.07 Å². The van der Waals surface area contributed by atoms with Crippen LogP contribution in [0.1, 0.15) is 71.1 Å². The van der Waals surface area contributed by atoms with Crippen LogP contribution in [0.25, 0.3) is 0 Å². The fourth-order valence-corrected chi connectivity index (χ4v) is 3.41. The molecule has 1 aliphatic rings. The maximum absolute atomic E-state index is 12.7. The van der Waals surface area contributed by atoms with Crippen molar-refractivity contribution >= 4 is 11.8 Å². The molecule has 1 N–H and O–H groups in total. The van der Waals surface area contributed by atoms with Crippen molar-refractivity contribution in [3.05, 3.63) is 53.2 Å². The summed E-state index contributed by atoms with van der Waals surface area (Å²) in [5.41, 5.74) is 2.99. The molecule has 1 aliphatic heterocycles. The summed E-state index contributed by atoms with van der Waals surface area (Å²) in [6.07, 6.45) is 5.47. The number of carbonyl (C=O) groups is 2. The number of nitrogens with zero attached hydrogens (tertiary/aromatic N) is 2. The molecule has 1 fully saturated rings. The molecule has 144 valence electrons. The highest BCUT2D eigenvalue weighted by molar-refractivity contribution is 5.96. The minimum Gasteiger partial charge on any atom is -0.472 e. The molecule has 2 amide bonds. The topological polar surface area (TPSA) is 75.4 Å². The Hall–Kier alpha value is -2.63. The monoisotopic (exact) mass is 369 g/mol. The zero-order chi connectivity index (χ0) is 19.4. The van der Waals surface area contributed by atoms with Crippen molar-refractivity contribution in [1.29, 1.82) is 0 Å². The molecular formula is C21H27N3O3. The van der Waals surface area contributed by atoms with Gasteiger partial charge in [-0.1, -0.05) is 6.92 Å². The van der Waals surface area contributed by atoms with Crippen LogP contribution >= 0.6 is 0 Å². The van der Waals surface area contributed by atoms with Gasteiger partial charge in [-0.25, -0.2) is 0 Å². The molecule has 2 aromatic heterocycles. The Morgan fingerprint density at radius 1 is 1.30 bits per heavy atom. The van der Waals surface area contributed by atoms with Gasteiger partial charge in [0.15, 0.2) is 0 Å². The van der Waals surface area contributed by atoms with Crippen LogP contribution in [-0.2, 0) is 0 Å². The number of rotatable bonds is 5. The van der Waals surface area contributed by atoms with E-state index in [2.05, 4.69) is 5.32 Å². The van der Waals surface area contributed by atoms with E-state index >= 15 is 0 Å². The number of hydrogen-bond acceptors (Lipinski definition) is 4. The maximum atomic E-state index is 12.7. The maximum Gasteiger partial charge on any atom is 0.257 e. The first-order valence-electron chi connectivity index (χ1n) is 9.59. The number of likely N-dealkylation sites (tertiary alicyclic amines) is 1.